The van der Waals surface area contributed by atoms with Crippen molar-refractivity contribution in [2.75, 3.05) is 13.1 Å². The molecule has 7 rings (SSSR count). The Balaban J connectivity index is 1.36. The number of ketones is 1. The van der Waals surface area contributed by atoms with Crippen LogP contribution in [0.1, 0.15) is 118 Å². The van der Waals surface area contributed by atoms with Gasteiger partial charge in [-0.2, -0.15) is 5.10 Å². The first-order valence-electron chi connectivity index (χ1n) is 16.9. The molecule has 0 radical (unpaired) electrons. The van der Waals surface area contributed by atoms with Crippen LogP contribution in [0.15, 0.2) is 17.8 Å². The smallest absolute Gasteiger partial charge is 0.234 e. The Bertz CT molecular complexity index is 1310. The standard InChI is InChI=1S/C36H53N3O2/c1-22-11-13-32(3)15-16-34(5)25(28(32)23(22)2)19-26(40)29-33(4)20-24-21-37-38-30(24)36(7,27(33)12-14-35(29,34)6)31(41)39-17-9-8-10-18-39/h19,21-23,27-29H,8-18,20H2,1-7H3,(H,37,38)/t22-,23+,27-,28+,29-,32-,33+,34-,35-,36-/m1/s1. The van der Waals surface area contributed by atoms with Gasteiger partial charge in [-0.1, -0.05) is 47.1 Å². The van der Waals surface area contributed by atoms with E-state index in [1.807, 2.05) is 6.20 Å². The first-order valence-corrected chi connectivity index (χ1v) is 16.9. The second kappa shape index (κ2) is 8.82. The maximum absolute atomic E-state index is 14.8. The van der Waals surface area contributed by atoms with Gasteiger partial charge in [0.1, 0.15) is 0 Å². The van der Waals surface area contributed by atoms with Crippen LogP contribution in [-0.4, -0.2) is 39.9 Å². The van der Waals surface area contributed by atoms with E-state index in [9.17, 15) is 9.59 Å². The van der Waals surface area contributed by atoms with Crippen LogP contribution < -0.4 is 0 Å². The Morgan fingerprint density at radius 3 is 2.44 bits per heavy atom. The number of H-pyrrole nitrogens is 1. The fraction of sp³-hybridized carbons (Fsp3) is 0.806. The maximum atomic E-state index is 14.8. The molecule has 0 spiro atoms. The van der Waals surface area contributed by atoms with Gasteiger partial charge in [-0.3, -0.25) is 14.7 Å². The molecule has 5 heteroatoms. The number of rotatable bonds is 1. The fourth-order valence-corrected chi connectivity index (χ4v) is 12.4. The number of likely N-dealkylation sites (tertiary alicyclic amines) is 1. The van der Waals surface area contributed by atoms with Crippen molar-refractivity contribution >= 4 is 11.7 Å². The highest BCUT2D eigenvalue weighted by Gasteiger charge is 2.71. The lowest BCUT2D eigenvalue weighted by Gasteiger charge is -2.70. The van der Waals surface area contributed by atoms with E-state index in [1.165, 1.54) is 37.7 Å². The van der Waals surface area contributed by atoms with Crippen LogP contribution in [0.3, 0.4) is 0 Å². The Labute approximate surface area is 247 Å². The molecular formula is C36H53N3O2. The average Bonchev–Trinajstić information content (AvgIpc) is 3.41. The second-order valence-electron chi connectivity index (χ2n) is 16.8. The number of hydrogen-bond donors (Lipinski definition) is 1. The molecule has 224 valence electrons. The lowest BCUT2D eigenvalue weighted by Crippen LogP contribution is -2.68. The van der Waals surface area contributed by atoms with Gasteiger partial charge in [0.15, 0.2) is 5.78 Å². The molecule has 0 aromatic carbocycles. The van der Waals surface area contributed by atoms with Crippen LogP contribution in [0, 0.1) is 51.2 Å². The molecule has 1 saturated heterocycles. The molecule has 1 amide bonds. The maximum Gasteiger partial charge on any atom is 0.234 e. The number of piperidine rings is 1. The minimum atomic E-state index is -0.679. The zero-order valence-corrected chi connectivity index (χ0v) is 26.7. The molecule has 41 heavy (non-hydrogen) atoms. The number of hydrogen-bond acceptors (Lipinski definition) is 3. The summed E-state index contributed by atoms with van der Waals surface area (Å²) in [5.74, 6) is 2.43. The Morgan fingerprint density at radius 2 is 1.71 bits per heavy atom. The van der Waals surface area contributed by atoms with Crippen molar-refractivity contribution in [3.63, 3.8) is 0 Å². The highest BCUT2D eigenvalue weighted by Crippen LogP contribution is 2.74. The normalized spacial score (nSPS) is 49.1. The second-order valence-corrected chi connectivity index (χ2v) is 16.8. The van der Waals surface area contributed by atoms with Gasteiger partial charge in [0.2, 0.25) is 5.91 Å². The molecule has 3 saturated carbocycles. The van der Waals surface area contributed by atoms with Crippen LogP contribution in [-0.2, 0) is 21.4 Å². The highest BCUT2D eigenvalue weighted by atomic mass is 16.2. The third kappa shape index (κ3) is 3.38. The molecule has 1 N–H and O–H groups in total. The summed E-state index contributed by atoms with van der Waals surface area (Å²) < 4.78 is 0. The largest absolute Gasteiger partial charge is 0.342 e. The van der Waals surface area contributed by atoms with Gasteiger partial charge >= 0.3 is 0 Å². The molecule has 5 aliphatic carbocycles. The highest BCUT2D eigenvalue weighted by molar-refractivity contribution is 5.96. The van der Waals surface area contributed by atoms with E-state index >= 15 is 0 Å². The minimum Gasteiger partial charge on any atom is -0.342 e. The quantitative estimate of drug-likeness (QED) is 0.393. The summed E-state index contributed by atoms with van der Waals surface area (Å²) in [4.78, 5) is 31.5. The Kier molecular flexibility index (Phi) is 6.00. The Morgan fingerprint density at radius 1 is 0.976 bits per heavy atom. The van der Waals surface area contributed by atoms with E-state index in [2.05, 4.69) is 69.6 Å². The van der Waals surface area contributed by atoms with E-state index in [4.69, 9.17) is 0 Å². The monoisotopic (exact) mass is 559 g/mol. The third-order valence-electron chi connectivity index (χ3n) is 15.0. The van der Waals surface area contributed by atoms with Crippen molar-refractivity contribution in [1.29, 1.82) is 0 Å². The first-order chi connectivity index (χ1) is 19.3. The van der Waals surface area contributed by atoms with Crippen LogP contribution in [0.5, 0.6) is 0 Å². The fourth-order valence-electron chi connectivity index (χ4n) is 12.4. The topological polar surface area (TPSA) is 66.1 Å². The predicted octanol–water partition coefficient (Wildman–Crippen LogP) is 7.27. The van der Waals surface area contributed by atoms with Gasteiger partial charge in [-0.25, -0.2) is 0 Å². The molecule has 1 aliphatic heterocycles. The molecular weight excluding hydrogens is 506 g/mol. The lowest BCUT2D eigenvalue weighted by molar-refractivity contribution is -0.179. The number of nitrogens with zero attached hydrogens (tertiary/aromatic N) is 2. The van der Waals surface area contributed by atoms with Crippen molar-refractivity contribution in [3.8, 4) is 0 Å². The molecule has 2 heterocycles. The number of allylic oxidation sites excluding steroid dienone is 2. The molecule has 10 atom stereocenters. The van der Waals surface area contributed by atoms with E-state index in [0.29, 0.717) is 29.0 Å². The zero-order valence-electron chi connectivity index (χ0n) is 26.7. The van der Waals surface area contributed by atoms with Gasteiger partial charge < -0.3 is 4.90 Å². The van der Waals surface area contributed by atoms with Gasteiger partial charge in [-0.05, 0) is 128 Å². The van der Waals surface area contributed by atoms with Crippen molar-refractivity contribution < 1.29 is 9.59 Å². The van der Waals surface area contributed by atoms with Crippen molar-refractivity contribution in [3.05, 3.63) is 29.1 Å². The summed E-state index contributed by atoms with van der Waals surface area (Å²) in [6.45, 7) is 18.7. The first kappa shape index (κ1) is 27.9. The summed E-state index contributed by atoms with van der Waals surface area (Å²) >= 11 is 0. The van der Waals surface area contributed by atoms with Crippen molar-refractivity contribution in [2.24, 2.45) is 51.2 Å². The molecule has 0 bridgehead atoms. The van der Waals surface area contributed by atoms with Crippen molar-refractivity contribution in [2.45, 2.75) is 118 Å². The zero-order chi connectivity index (χ0) is 29.2. The number of aromatic nitrogens is 2. The predicted molar refractivity (Wildman–Crippen MR) is 162 cm³/mol. The lowest BCUT2D eigenvalue weighted by atomic mass is 9.33. The van der Waals surface area contributed by atoms with Gasteiger partial charge in [-0.15, -0.1) is 0 Å². The van der Waals surface area contributed by atoms with Crippen LogP contribution in [0.4, 0.5) is 0 Å². The summed E-state index contributed by atoms with van der Waals surface area (Å²) in [5, 5.41) is 7.82. The molecule has 0 unspecified atom stereocenters. The molecule has 1 aromatic rings. The number of nitrogens with one attached hydrogen (secondary N) is 1. The van der Waals surface area contributed by atoms with E-state index in [1.54, 1.807) is 0 Å². The van der Waals surface area contributed by atoms with Gasteiger partial charge in [0, 0.05) is 19.0 Å². The molecule has 5 nitrogen and oxygen atoms in total. The summed E-state index contributed by atoms with van der Waals surface area (Å²) in [6.07, 6.45) is 15.4. The minimum absolute atomic E-state index is 0.0129. The van der Waals surface area contributed by atoms with Gasteiger partial charge in [0.25, 0.3) is 0 Å². The number of carbonyl (C=O) groups excluding carboxylic acids is 2. The number of carbonyl (C=O) groups is 2. The van der Waals surface area contributed by atoms with E-state index < -0.39 is 5.41 Å². The van der Waals surface area contributed by atoms with Crippen molar-refractivity contribution in [1.82, 2.24) is 15.1 Å². The van der Waals surface area contributed by atoms with E-state index in [-0.39, 0.29) is 34.0 Å². The SMILES string of the molecule is C[C@H]1[C@H](C)CC[C@]2(C)CC[C@]3(C)C(=CC(=O)[C@@H]4[C@@]5(C)Cc6cn[nH]c6[C@](C)(C(=O)N6CCCCC6)[C@@H]5CC[C@]43C)[C@H]12. The molecule has 6 aliphatic rings. The number of aromatic amines is 1. The summed E-state index contributed by atoms with van der Waals surface area (Å²) in [5.41, 5.74) is 2.89. The average molecular weight is 560 g/mol. The summed E-state index contributed by atoms with van der Waals surface area (Å²) in [6, 6.07) is 0. The van der Waals surface area contributed by atoms with Crippen LogP contribution in [0.25, 0.3) is 0 Å². The van der Waals surface area contributed by atoms with E-state index in [0.717, 1.165) is 56.5 Å². The molecule has 4 fully saturated rings. The number of amides is 1. The third-order valence-corrected chi connectivity index (χ3v) is 15.0. The van der Waals surface area contributed by atoms with Crippen LogP contribution >= 0.6 is 0 Å². The molecule has 1 aromatic heterocycles. The Hall–Kier alpha value is -1.91. The van der Waals surface area contributed by atoms with Crippen LogP contribution in [0.2, 0.25) is 0 Å². The number of fused-ring (bicyclic) bond motifs is 8. The summed E-state index contributed by atoms with van der Waals surface area (Å²) in [7, 11) is 0. The van der Waals surface area contributed by atoms with Gasteiger partial charge in [0.05, 0.1) is 17.3 Å².